The number of furan rings is 1. The number of nitrogens with zero attached hydrogens (tertiary/aromatic N) is 5. The van der Waals surface area contributed by atoms with E-state index in [0.717, 1.165) is 27.3 Å². The molecule has 0 fully saturated rings. The Hall–Kier alpha value is -4.77. The van der Waals surface area contributed by atoms with Gasteiger partial charge < -0.3 is 14.5 Å². The monoisotopic (exact) mass is 570 g/mol. The molecule has 2 amide bonds. The summed E-state index contributed by atoms with van der Waals surface area (Å²) in [5, 5.41) is 17.4. The zero-order chi connectivity index (χ0) is 28.9. The number of anilines is 1. The van der Waals surface area contributed by atoms with Gasteiger partial charge in [0.25, 0.3) is 5.91 Å². The fourth-order valence-electron chi connectivity index (χ4n) is 4.50. The number of benzene rings is 2. The molecular formula is C30H30N6O4S. The van der Waals surface area contributed by atoms with Crippen LogP contribution in [0.15, 0.2) is 76.5 Å². The van der Waals surface area contributed by atoms with Crippen LogP contribution in [0.1, 0.15) is 33.4 Å². The average molecular weight is 571 g/mol. The molecule has 3 aromatic heterocycles. The Morgan fingerprint density at radius 3 is 2.54 bits per heavy atom. The van der Waals surface area contributed by atoms with Crippen LogP contribution in [0.4, 0.5) is 5.69 Å². The second-order valence-corrected chi connectivity index (χ2v) is 10.6. The van der Waals surface area contributed by atoms with Gasteiger partial charge >= 0.3 is 0 Å². The smallest absolute Gasteiger partial charge is 0.251 e. The Bertz CT molecular complexity index is 1640. The van der Waals surface area contributed by atoms with Gasteiger partial charge in [-0.3, -0.25) is 14.5 Å². The van der Waals surface area contributed by atoms with E-state index in [2.05, 4.69) is 20.7 Å². The van der Waals surface area contributed by atoms with E-state index < -0.39 is 6.04 Å². The first-order valence-corrected chi connectivity index (χ1v) is 13.9. The van der Waals surface area contributed by atoms with Gasteiger partial charge in [-0.2, -0.15) is 4.80 Å². The lowest BCUT2D eigenvalue weighted by Gasteiger charge is -2.31. The number of thiophene rings is 1. The molecular weight excluding hydrogens is 540 g/mol. The van der Waals surface area contributed by atoms with Crippen molar-refractivity contribution in [1.82, 2.24) is 25.5 Å². The molecule has 41 heavy (non-hydrogen) atoms. The maximum absolute atomic E-state index is 14.1. The highest BCUT2D eigenvalue weighted by Gasteiger charge is 2.34. The maximum atomic E-state index is 14.1. The number of carbonyl (C=O) groups is 2. The first-order valence-electron chi connectivity index (χ1n) is 13.0. The predicted octanol–water partition coefficient (Wildman–Crippen LogP) is 5.02. The molecule has 0 bridgehead atoms. The number of aryl methyl sites for hydroxylation is 3. The number of rotatable bonds is 10. The highest BCUT2D eigenvalue weighted by atomic mass is 32.1. The van der Waals surface area contributed by atoms with Crippen molar-refractivity contribution in [2.45, 2.75) is 39.9 Å². The molecule has 0 saturated carbocycles. The summed E-state index contributed by atoms with van der Waals surface area (Å²) in [6.07, 6.45) is 0. The molecule has 5 rings (SSSR count). The molecule has 1 unspecified atom stereocenters. The van der Waals surface area contributed by atoms with Crippen LogP contribution in [-0.4, -0.2) is 39.1 Å². The number of tetrazole rings is 1. The Labute approximate surface area is 241 Å². The minimum Gasteiger partial charge on any atom is -0.497 e. The third kappa shape index (κ3) is 6.36. The number of hydrogen-bond acceptors (Lipinski definition) is 8. The van der Waals surface area contributed by atoms with Crippen molar-refractivity contribution in [3.63, 3.8) is 0 Å². The number of carbonyl (C=O) groups excluding carboxylic acids is 2. The van der Waals surface area contributed by atoms with Crippen LogP contribution in [0.5, 0.6) is 5.75 Å². The van der Waals surface area contributed by atoms with E-state index in [1.807, 2.05) is 80.7 Å². The number of aromatic nitrogens is 4. The fourth-order valence-corrected chi connectivity index (χ4v) is 5.32. The number of methoxy groups -OCH3 is 1. The van der Waals surface area contributed by atoms with Gasteiger partial charge in [0.05, 0.1) is 7.11 Å². The van der Waals surface area contributed by atoms with E-state index in [9.17, 15) is 9.59 Å². The lowest BCUT2D eigenvalue weighted by atomic mass is 10.1. The number of nitrogens with one attached hydrogen (secondary N) is 1. The lowest BCUT2D eigenvalue weighted by Crippen LogP contribution is -2.45. The van der Waals surface area contributed by atoms with Gasteiger partial charge in [0.1, 0.15) is 24.1 Å². The van der Waals surface area contributed by atoms with Crippen LogP contribution in [0.25, 0.3) is 11.6 Å². The predicted molar refractivity (Wildman–Crippen MR) is 156 cm³/mol. The van der Waals surface area contributed by atoms with Gasteiger partial charge in [-0.1, -0.05) is 35.9 Å². The molecule has 10 nitrogen and oxygen atoms in total. The Balaban J connectivity index is 1.47. The van der Waals surface area contributed by atoms with E-state index in [1.54, 1.807) is 19.2 Å². The highest BCUT2D eigenvalue weighted by Crippen LogP contribution is 2.33. The first kappa shape index (κ1) is 27.8. The van der Waals surface area contributed by atoms with Crippen molar-refractivity contribution in [3.05, 3.63) is 99.4 Å². The molecule has 2 aromatic carbocycles. The molecule has 0 radical (unpaired) electrons. The molecule has 210 valence electrons. The van der Waals surface area contributed by atoms with Gasteiger partial charge in [0.2, 0.25) is 11.7 Å². The third-order valence-corrected chi connectivity index (χ3v) is 7.44. The van der Waals surface area contributed by atoms with Crippen LogP contribution >= 0.6 is 11.3 Å². The van der Waals surface area contributed by atoms with Crippen LogP contribution in [0.3, 0.4) is 0 Å². The zero-order valence-corrected chi connectivity index (χ0v) is 24.0. The molecule has 0 saturated heterocycles. The number of hydrogen-bond donors (Lipinski definition) is 1. The molecule has 1 atom stereocenters. The summed E-state index contributed by atoms with van der Waals surface area (Å²) < 4.78 is 10.8. The highest BCUT2D eigenvalue weighted by molar-refractivity contribution is 7.10. The van der Waals surface area contributed by atoms with E-state index in [4.69, 9.17) is 9.15 Å². The normalized spacial score (nSPS) is 11.7. The van der Waals surface area contributed by atoms with Crippen molar-refractivity contribution in [1.29, 1.82) is 0 Å². The summed E-state index contributed by atoms with van der Waals surface area (Å²) >= 11 is 1.41. The summed E-state index contributed by atoms with van der Waals surface area (Å²) in [7, 11) is 1.61. The summed E-state index contributed by atoms with van der Waals surface area (Å²) in [6, 6.07) is 19.6. The summed E-state index contributed by atoms with van der Waals surface area (Å²) in [5.41, 5.74) is 3.44. The van der Waals surface area contributed by atoms with Crippen LogP contribution < -0.4 is 15.0 Å². The Morgan fingerprint density at radius 1 is 1.07 bits per heavy atom. The molecule has 11 heteroatoms. The van der Waals surface area contributed by atoms with Gasteiger partial charge in [-0.25, -0.2) is 0 Å². The van der Waals surface area contributed by atoms with Crippen LogP contribution in [0, 0.1) is 20.8 Å². The SMILES string of the molecule is COc1ccc(CNC(=O)C(c2cccs2)N(C(=O)Cn2nnc(-c3ccc(C)o3)n2)c2ccc(C)cc2C)cc1. The quantitative estimate of drug-likeness (QED) is 0.251. The summed E-state index contributed by atoms with van der Waals surface area (Å²) in [5.74, 6) is 1.50. The minimum absolute atomic E-state index is 0.229. The van der Waals surface area contributed by atoms with Crippen LogP contribution in [0.2, 0.25) is 0 Å². The average Bonchev–Trinajstić information content (AvgIpc) is 3.74. The van der Waals surface area contributed by atoms with Crippen molar-refractivity contribution in [2.24, 2.45) is 0 Å². The van der Waals surface area contributed by atoms with E-state index in [-0.39, 0.29) is 30.7 Å². The molecule has 0 aliphatic heterocycles. The van der Waals surface area contributed by atoms with Gasteiger partial charge in [0.15, 0.2) is 5.76 Å². The molecule has 0 aliphatic rings. The largest absolute Gasteiger partial charge is 0.497 e. The Kier molecular flexibility index (Phi) is 8.25. The maximum Gasteiger partial charge on any atom is 0.251 e. The van der Waals surface area contributed by atoms with Gasteiger partial charge in [-0.05, 0) is 78.9 Å². The van der Waals surface area contributed by atoms with E-state index >= 15 is 0 Å². The minimum atomic E-state index is -0.919. The number of ether oxygens (including phenoxy) is 1. The molecule has 0 spiro atoms. The lowest BCUT2D eigenvalue weighted by molar-refractivity contribution is -0.127. The van der Waals surface area contributed by atoms with E-state index in [0.29, 0.717) is 17.2 Å². The molecule has 3 heterocycles. The molecule has 5 aromatic rings. The standard InChI is InChI=1S/C30H30N6O4S/c1-19-7-13-24(20(2)16-19)36(27(37)18-35-33-29(32-34-35)25-14-8-21(3)40-25)28(26-6-5-15-41-26)30(38)31-17-22-9-11-23(39-4)12-10-22/h5-16,28H,17-18H2,1-4H3,(H,31,38). The first-order chi connectivity index (χ1) is 19.8. The number of amides is 2. The fraction of sp³-hybridized carbons (Fsp3) is 0.233. The van der Waals surface area contributed by atoms with Crippen molar-refractivity contribution >= 4 is 28.8 Å². The summed E-state index contributed by atoms with van der Waals surface area (Å²) in [4.78, 5) is 31.4. The Morgan fingerprint density at radius 2 is 1.88 bits per heavy atom. The molecule has 0 aliphatic carbocycles. The van der Waals surface area contributed by atoms with E-state index in [1.165, 1.54) is 21.0 Å². The topological polar surface area (TPSA) is 115 Å². The van der Waals surface area contributed by atoms with Crippen molar-refractivity contribution in [3.8, 4) is 17.3 Å². The second kappa shape index (κ2) is 12.2. The third-order valence-electron chi connectivity index (χ3n) is 6.52. The van der Waals surface area contributed by atoms with Gasteiger partial charge in [-0.15, -0.1) is 21.5 Å². The molecule has 1 N–H and O–H groups in total. The second-order valence-electron chi connectivity index (χ2n) is 9.59. The van der Waals surface area contributed by atoms with Crippen LogP contribution in [-0.2, 0) is 22.7 Å². The van der Waals surface area contributed by atoms with Crippen molar-refractivity contribution in [2.75, 3.05) is 12.0 Å². The van der Waals surface area contributed by atoms with Gasteiger partial charge in [0, 0.05) is 17.1 Å². The zero-order valence-electron chi connectivity index (χ0n) is 23.2. The summed E-state index contributed by atoms with van der Waals surface area (Å²) in [6.45, 7) is 5.79. The van der Waals surface area contributed by atoms with Crippen molar-refractivity contribution < 1.29 is 18.7 Å².